The van der Waals surface area contributed by atoms with Crippen molar-refractivity contribution >= 4 is 27.3 Å². The third-order valence-electron chi connectivity index (χ3n) is 4.11. The first-order chi connectivity index (χ1) is 14.5. The Labute approximate surface area is 181 Å². The van der Waals surface area contributed by atoms with Crippen LogP contribution in [0.15, 0.2) is 42.5 Å². The molecular weight excluding hydrogens is 426 g/mol. The zero-order chi connectivity index (χ0) is 23.2. The summed E-state index contributed by atoms with van der Waals surface area (Å²) in [6, 6.07) is 10.7. The van der Waals surface area contributed by atoms with E-state index in [1.165, 1.54) is 19.2 Å². The molecule has 1 amide bonds. The lowest BCUT2D eigenvalue weighted by Crippen LogP contribution is -2.40. The predicted octanol–water partition coefficient (Wildman–Crippen LogP) is 2.47. The van der Waals surface area contributed by atoms with E-state index in [9.17, 15) is 23.3 Å². The van der Waals surface area contributed by atoms with E-state index in [0.717, 1.165) is 22.2 Å². The van der Waals surface area contributed by atoms with Crippen LogP contribution in [-0.4, -0.2) is 45.3 Å². The highest BCUT2D eigenvalue weighted by Gasteiger charge is 2.26. The molecule has 0 saturated heterocycles. The molecule has 0 saturated carbocycles. The van der Waals surface area contributed by atoms with Gasteiger partial charge in [0.15, 0.2) is 0 Å². The number of hydrogen-bond acceptors (Lipinski definition) is 7. The van der Waals surface area contributed by atoms with Gasteiger partial charge in [-0.15, -0.1) is 0 Å². The highest BCUT2D eigenvalue weighted by atomic mass is 32.2. The number of amides is 1. The molecule has 31 heavy (non-hydrogen) atoms. The van der Waals surface area contributed by atoms with Crippen LogP contribution in [0, 0.1) is 10.1 Å². The number of rotatable bonds is 10. The summed E-state index contributed by atoms with van der Waals surface area (Å²) < 4.78 is 36.1. The Morgan fingerprint density at radius 1 is 1.19 bits per heavy atom. The van der Waals surface area contributed by atoms with Gasteiger partial charge in [-0.3, -0.25) is 19.2 Å². The zero-order valence-electron chi connectivity index (χ0n) is 17.7. The average Bonchev–Trinajstić information content (AvgIpc) is 2.69. The van der Waals surface area contributed by atoms with Crippen molar-refractivity contribution in [1.82, 2.24) is 5.32 Å². The summed E-state index contributed by atoms with van der Waals surface area (Å²) in [5.41, 5.74) is 0.376. The van der Waals surface area contributed by atoms with Crippen molar-refractivity contribution in [1.29, 1.82) is 0 Å². The lowest BCUT2D eigenvalue weighted by Gasteiger charge is -2.23. The largest absolute Gasteiger partial charge is 0.495 e. The van der Waals surface area contributed by atoms with Crippen molar-refractivity contribution < 1.29 is 27.6 Å². The van der Waals surface area contributed by atoms with Gasteiger partial charge in [0.25, 0.3) is 5.69 Å². The van der Waals surface area contributed by atoms with Crippen LogP contribution in [0.1, 0.15) is 19.4 Å². The molecule has 0 fully saturated rings. The average molecular weight is 452 g/mol. The number of methoxy groups -OCH3 is 1. The smallest absolute Gasteiger partial charge is 0.271 e. The molecule has 0 aliphatic rings. The van der Waals surface area contributed by atoms with E-state index in [1.807, 2.05) is 13.8 Å². The van der Waals surface area contributed by atoms with E-state index in [2.05, 4.69) is 5.32 Å². The van der Waals surface area contributed by atoms with Crippen LogP contribution in [0.3, 0.4) is 0 Å². The molecule has 0 radical (unpaired) electrons. The van der Waals surface area contributed by atoms with Gasteiger partial charge < -0.3 is 14.8 Å². The second-order valence-corrected chi connectivity index (χ2v) is 8.88. The van der Waals surface area contributed by atoms with Gasteiger partial charge in [-0.05, 0) is 37.6 Å². The molecule has 0 aliphatic heterocycles. The van der Waals surface area contributed by atoms with Crippen molar-refractivity contribution in [2.45, 2.75) is 26.5 Å². The van der Waals surface area contributed by atoms with Crippen molar-refractivity contribution in [3.8, 4) is 11.5 Å². The van der Waals surface area contributed by atoms with E-state index in [-0.39, 0.29) is 29.8 Å². The highest BCUT2D eigenvalue weighted by Crippen LogP contribution is 2.33. The molecule has 168 valence electrons. The number of ether oxygens (including phenoxy) is 2. The van der Waals surface area contributed by atoms with Gasteiger partial charge >= 0.3 is 0 Å². The number of hydrogen-bond donors (Lipinski definition) is 1. The molecule has 0 atom stereocenters. The Balaban J connectivity index is 2.16. The summed E-state index contributed by atoms with van der Waals surface area (Å²) in [6.07, 6.45) is 0.949. The van der Waals surface area contributed by atoms with Crippen molar-refractivity contribution in [2.24, 2.45) is 0 Å². The van der Waals surface area contributed by atoms with Gasteiger partial charge in [0.2, 0.25) is 15.9 Å². The van der Waals surface area contributed by atoms with Crippen LogP contribution in [0.25, 0.3) is 0 Å². The molecule has 0 spiro atoms. The topological polar surface area (TPSA) is 128 Å². The minimum Gasteiger partial charge on any atom is -0.495 e. The van der Waals surface area contributed by atoms with Gasteiger partial charge in [-0.1, -0.05) is 12.1 Å². The normalized spacial score (nSPS) is 11.1. The first-order valence-electron chi connectivity index (χ1n) is 9.33. The minimum atomic E-state index is -3.93. The molecule has 2 aromatic rings. The summed E-state index contributed by atoms with van der Waals surface area (Å²) in [5.74, 6) is 0.206. The van der Waals surface area contributed by atoms with Gasteiger partial charge in [-0.25, -0.2) is 8.42 Å². The van der Waals surface area contributed by atoms with E-state index in [1.54, 1.807) is 24.3 Å². The number of carbonyl (C=O) groups is 1. The maximum Gasteiger partial charge on any atom is 0.271 e. The third kappa shape index (κ3) is 6.85. The molecule has 0 aromatic heterocycles. The quantitative estimate of drug-likeness (QED) is 0.434. The lowest BCUT2D eigenvalue weighted by atomic mass is 10.2. The number of nitrogens with one attached hydrogen (secondary N) is 1. The molecule has 10 nitrogen and oxygen atoms in total. The molecular formula is C20H25N3O7S. The van der Waals surface area contributed by atoms with Gasteiger partial charge in [0, 0.05) is 18.7 Å². The van der Waals surface area contributed by atoms with Gasteiger partial charge in [-0.2, -0.15) is 0 Å². The van der Waals surface area contributed by atoms with Crippen LogP contribution >= 0.6 is 0 Å². The lowest BCUT2D eigenvalue weighted by molar-refractivity contribution is -0.384. The number of benzene rings is 2. The van der Waals surface area contributed by atoms with Crippen LogP contribution < -0.4 is 19.1 Å². The number of carbonyl (C=O) groups excluding carboxylic acids is 1. The minimum absolute atomic E-state index is 0.0401. The molecule has 2 aromatic carbocycles. The molecule has 0 bridgehead atoms. The van der Waals surface area contributed by atoms with Crippen molar-refractivity contribution in [3.05, 3.63) is 58.1 Å². The number of sulfonamides is 1. The maximum atomic E-state index is 12.5. The SMILES string of the molecule is COc1ccc([N+](=O)[O-])cc1N(CC(=O)NCc1ccc(OC(C)C)cc1)S(C)(=O)=O. The Morgan fingerprint density at radius 3 is 2.35 bits per heavy atom. The fourth-order valence-electron chi connectivity index (χ4n) is 2.71. The fraction of sp³-hybridized carbons (Fsp3) is 0.350. The van der Waals surface area contributed by atoms with Gasteiger partial charge in [0.05, 0.1) is 24.4 Å². The summed E-state index contributed by atoms with van der Waals surface area (Å²) in [4.78, 5) is 22.9. The van der Waals surface area contributed by atoms with Crippen LogP contribution in [0.5, 0.6) is 11.5 Å². The Bertz CT molecular complexity index is 1040. The highest BCUT2D eigenvalue weighted by molar-refractivity contribution is 7.92. The van der Waals surface area contributed by atoms with Crippen molar-refractivity contribution in [3.63, 3.8) is 0 Å². The fourth-order valence-corrected chi connectivity index (χ4v) is 3.56. The van der Waals surface area contributed by atoms with Crippen LogP contribution in [0.2, 0.25) is 0 Å². The van der Waals surface area contributed by atoms with Crippen LogP contribution in [-0.2, 0) is 21.4 Å². The molecule has 0 heterocycles. The Morgan fingerprint density at radius 2 is 1.84 bits per heavy atom. The maximum absolute atomic E-state index is 12.5. The first kappa shape index (κ1) is 23.9. The summed E-state index contributed by atoms with van der Waals surface area (Å²) in [5, 5.41) is 13.7. The summed E-state index contributed by atoms with van der Waals surface area (Å²) in [7, 11) is -2.63. The molecule has 2 rings (SSSR count). The monoisotopic (exact) mass is 451 g/mol. The molecule has 1 N–H and O–H groups in total. The van der Waals surface area contributed by atoms with Crippen LogP contribution in [0.4, 0.5) is 11.4 Å². The number of nitro groups is 1. The zero-order valence-corrected chi connectivity index (χ0v) is 18.5. The second kappa shape index (κ2) is 10.1. The van der Waals surface area contributed by atoms with E-state index in [0.29, 0.717) is 5.75 Å². The predicted molar refractivity (Wildman–Crippen MR) is 116 cm³/mol. The van der Waals surface area contributed by atoms with Gasteiger partial charge in [0.1, 0.15) is 23.7 Å². The summed E-state index contributed by atoms with van der Waals surface area (Å²) in [6.45, 7) is 3.44. The number of anilines is 1. The first-order valence-corrected chi connectivity index (χ1v) is 11.2. The molecule has 0 unspecified atom stereocenters. The van der Waals surface area contributed by atoms with E-state index in [4.69, 9.17) is 9.47 Å². The third-order valence-corrected chi connectivity index (χ3v) is 5.24. The van der Waals surface area contributed by atoms with E-state index >= 15 is 0 Å². The number of non-ortho nitro benzene ring substituents is 1. The van der Waals surface area contributed by atoms with Crippen molar-refractivity contribution in [2.75, 3.05) is 24.2 Å². The van der Waals surface area contributed by atoms with E-state index < -0.39 is 27.4 Å². The molecule has 11 heteroatoms. The number of nitro benzene ring substituents is 1. The second-order valence-electron chi connectivity index (χ2n) is 6.97. The Hall–Kier alpha value is -3.34. The molecule has 0 aliphatic carbocycles. The standard InChI is InChI=1S/C20H25N3O7S/c1-14(2)30-17-8-5-15(6-9-17)12-21-20(24)13-22(31(4,27)28)18-11-16(23(25)26)7-10-19(18)29-3/h5-11,14H,12-13H2,1-4H3,(H,21,24). The Kier molecular flexibility index (Phi) is 7.81. The number of nitrogens with zero attached hydrogens (tertiary/aromatic N) is 2. The summed E-state index contributed by atoms with van der Waals surface area (Å²) >= 11 is 0.